The van der Waals surface area contributed by atoms with Crippen LogP contribution in [0.2, 0.25) is 0 Å². The minimum Gasteiger partial charge on any atom is -0.353 e. The highest BCUT2D eigenvalue weighted by atomic mass is 16.2. The van der Waals surface area contributed by atoms with Gasteiger partial charge in [0.05, 0.1) is 5.56 Å². The van der Waals surface area contributed by atoms with Crippen molar-refractivity contribution in [1.82, 2.24) is 19.9 Å². The predicted octanol–water partition coefficient (Wildman–Crippen LogP) is 3.19. The molecule has 7 nitrogen and oxygen atoms in total. The quantitative estimate of drug-likeness (QED) is 0.740. The monoisotopic (exact) mass is 388 g/mol. The number of benzene rings is 1. The van der Waals surface area contributed by atoms with Gasteiger partial charge in [0, 0.05) is 50.5 Å². The molecule has 1 aliphatic heterocycles. The third kappa shape index (κ3) is 4.51. The lowest BCUT2D eigenvalue weighted by Crippen LogP contribution is -2.49. The van der Waals surface area contributed by atoms with Gasteiger partial charge in [0.2, 0.25) is 5.95 Å². The van der Waals surface area contributed by atoms with Gasteiger partial charge in [0.25, 0.3) is 5.91 Å². The molecule has 0 spiro atoms. The molecule has 7 heteroatoms. The highest BCUT2D eigenvalue weighted by Gasteiger charge is 2.23. The molecule has 0 unspecified atom stereocenters. The van der Waals surface area contributed by atoms with Gasteiger partial charge >= 0.3 is 0 Å². The lowest BCUT2D eigenvalue weighted by Gasteiger charge is -2.35. The van der Waals surface area contributed by atoms with E-state index in [-0.39, 0.29) is 5.91 Å². The molecule has 4 rings (SSSR count). The summed E-state index contributed by atoms with van der Waals surface area (Å²) in [5, 5.41) is 3.19. The first kappa shape index (κ1) is 18.9. The van der Waals surface area contributed by atoms with E-state index in [0.29, 0.717) is 24.6 Å². The number of rotatable bonds is 4. The maximum Gasteiger partial charge on any atom is 0.257 e. The van der Waals surface area contributed by atoms with Crippen LogP contribution in [0.3, 0.4) is 0 Å². The average Bonchev–Trinajstić information content (AvgIpc) is 2.74. The van der Waals surface area contributed by atoms with Crippen molar-refractivity contribution in [2.45, 2.75) is 13.8 Å². The van der Waals surface area contributed by atoms with Crippen molar-refractivity contribution < 1.29 is 4.79 Å². The van der Waals surface area contributed by atoms with Crippen molar-refractivity contribution in [1.29, 1.82) is 0 Å². The zero-order valence-electron chi connectivity index (χ0n) is 16.7. The number of pyridine rings is 1. The lowest BCUT2D eigenvalue weighted by molar-refractivity contribution is 0.0745. The maximum absolute atomic E-state index is 12.8. The number of piperazine rings is 1. The molecule has 3 heterocycles. The topological polar surface area (TPSA) is 74.2 Å². The molecule has 0 radical (unpaired) electrons. The normalized spacial score (nSPS) is 14.0. The zero-order chi connectivity index (χ0) is 20.2. The van der Waals surface area contributed by atoms with Crippen molar-refractivity contribution in [3.63, 3.8) is 0 Å². The average molecular weight is 388 g/mol. The second kappa shape index (κ2) is 8.26. The Bertz CT molecular complexity index is 962. The van der Waals surface area contributed by atoms with Crippen LogP contribution in [-0.2, 0) is 0 Å². The first-order valence-corrected chi connectivity index (χ1v) is 9.71. The summed E-state index contributed by atoms with van der Waals surface area (Å²) in [6, 6.07) is 12.1. The number of carbonyl (C=O) groups is 1. The Hall–Kier alpha value is -3.48. The van der Waals surface area contributed by atoms with Crippen LogP contribution in [0, 0.1) is 13.8 Å². The summed E-state index contributed by atoms with van der Waals surface area (Å²) in [4.78, 5) is 29.9. The summed E-state index contributed by atoms with van der Waals surface area (Å²) < 4.78 is 0. The fourth-order valence-electron chi connectivity index (χ4n) is 3.54. The molecule has 0 bridgehead atoms. The summed E-state index contributed by atoms with van der Waals surface area (Å²) in [6.07, 6.45) is 4.97. The van der Waals surface area contributed by atoms with Crippen LogP contribution in [0.5, 0.6) is 0 Å². The molecule has 1 aliphatic rings. The summed E-state index contributed by atoms with van der Waals surface area (Å²) in [5.41, 5.74) is 3.78. The van der Waals surface area contributed by atoms with Crippen molar-refractivity contribution in [2.75, 3.05) is 36.4 Å². The second-order valence-corrected chi connectivity index (χ2v) is 7.26. The number of carbonyl (C=O) groups excluding carboxylic acids is 1. The largest absolute Gasteiger partial charge is 0.353 e. The van der Waals surface area contributed by atoms with E-state index in [9.17, 15) is 4.79 Å². The number of amides is 1. The number of aryl methyl sites for hydroxylation is 2. The molecule has 148 valence electrons. The summed E-state index contributed by atoms with van der Waals surface area (Å²) >= 11 is 0. The number of anilines is 3. The fraction of sp³-hybridized carbons (Fsp3) is 0.273. The van der Waals surface area contributed by atoms with Crippen molar-refractivity contribution >= 4 is 23.4 Å². The van der Waals surface area contributed by atoms with Gasteiger partial charge in [0.15, 0.2) is 0 Å². The van der Waals surface area contributed by atoms with Crippen LogP contribution < -0.4 is 10.2 Å². The van der Waals surface area contributed by atoms with E-state index in [1.807, 2.05) is 35.2 Å². The van der Waals surface area contributed by atoms with Gasteiger partial charge in [-0.05, 0) is 49.2 Å². The summed E-state index contributed by atoms with van der Waals surface area (Å²) in [6.45, 7) is 6.92. The molecule has 0 aliphatic carbocycles. The Morgan fingerprint density at radius 2 is 1.62 bits per heavy atom. The van der Waals surface area contributed by atoms with Crippen LogP contribution in [0.25, 0.3) is 0 Å². The first-order valence-electron chi connectivity index (χ1n) is 9.71. The van der Waals surface area contributed by atoms with Crippen LogP contribution in [0.15, 0.2) is 55.0 Å². The number of nitrogens with zero attached hydrogens (tertiary/aromatic N) is 5. The fourth-order valence-corrected chi connectivity index (χ4v) is 3.54. The van der Waals surface area contributed by atoms with E-state index in [1.54, 1.807) is 18.6 Å². The Kier molecular flexibility index (Phi) is 5.37. The van der Waals surface area contributed by atoms with Gasteiger partial charge in [-0.3, -0.25) is 4.79 Å². The minimum atomic E-state index is -0.0383. The molecule has 2 aromatic heterocycles. The Morgan fingerprint density at radius 1 is 0.931 bits per heavy atom. The third-order valence-electron chi connectivity index (χ3n) is 4.92. The van der Waals surface area contributed by atoms with Gasteiger partial charge in [-0.2, -0.15) is 0 Å². The summed E-state index contributed by atoms with van der Waals surface area (Å²) in [7, 11) is 0. The molecule has 1 fully saturated rings. The van der Waals surface area contributed by atoms with E-state index < -0.39 is 0 Å². The van der Waals surface area contributed by atoms with E-state index >= 15 is 0 Å². The highest BCUT2D eigenvalue weighted by Crippen LogP contribution is 2.18. The molecular weight excluding hydrogens is 364 g/mol. The molecule has 1 amide bonds. The van der Waals surface area contributed by atoms with Crippen LogP contribution in [0.1, 0.15) is 21.5 Å². The van der Waals surface area contributed by atoms with Gasteiger partial charge < -0.3 is 15.1 Å². The van der Waals surface area contributed by atoms with Crippen molar-refractivity contribution in [3.8, 4) is 0 Å². The van der Waals surface area contributed by atoms with Gasteiger partial charge in [-0.15, -0.1) is 0 Å². The van der Waals surface area contributed by atoms with Crippen molar-refractivity contribution in [2.24, 2.45) is 0 Å². The number of aromatic nitrogens is 3. The molecule has 1 saturated heterocycles. The SMILES string of the molecule is Cc1cc(C)cc(Nc2ncc(C(=O)N3CCN(c4ccccn4)CC3)cn2)c1. The van der Waals surface area contributed by atoms with E-state index in [2.05, 4.69) is 45.1 Å². The molecule has 3 aromatic rings. The standard InChI is InChI=1S/C22H24N6O/c1-16-11-17(2)13-19(12-16)26-22-24-14-18(15-25-22)21(29)28-9-7-27(8-10-28)20-5-3-4-6-23-20/h3-6,11-15H,7-10H2,1-2H3,(H,24,25,26). The Labute approximate surface area is 170 Å². The predicted molar refractivity (Wildman–Crippen MR) is 114 cm³/mol. The van der Waals surface area contributed by atoms with Crippen LogP contribution in [0.4, 0.5) is 17.5 Å². The Balaban J connectivity index is 1.37. The van der Waals surface area contributed by atoms with Crippen LogP contribution >= 0.6 is 0 Å². The summed E-state index contributed by atoms with van der Waals surface area (Å²) in [5.74, 6) is 1.39. The molecular formula is C22H24N6O. The third-order valence-corrected chi connectivity index (χ3v) is 4.92. The number of hydrogen-bond acceptors (Lipinski definition) is 6. The number of hydrogen-bond donors (Lipinski definition) is 1. The maximum atomic E-state index is 12.8. The van der Waals surface area contributed by atoms with Gasteiger partial charge in [-0.1, -0.05) is 12.1 Å². The zero-order valence-corrected chi connectivity index (χ0v) is 16.7. The van der Waals surface area contributed by atoms with Crippen molar-refractivity contribution in [3.05, 3.63) is 71.7 Å². The first-order chi connectivity index (χ1) is 14.1. The number of nitrogens with one attached hydrogen (secondary N) is 1. The molecule has 0 saturated carbocycles. The van der Waals surface area contributed by atoms with E-state index in [1.165, 1.54) is 11.1 Å². The lowest BCUT2D eigenvalue weighted by atomic mass is 10.1. The van der Waals surface area contributed by atoms with Gasteiger partial charge in [-0.25, -0.2) is 15.0 Å². The molecule has 1 N–H and O–H groups in total. The van der Waals surface area contributed by atoms with Crippen LogP contribution in [-0.4, -0.2) is 51.9 Å². The minimum absolute atomic E-state index is 0.0383. The second-order valence-electron chi connectivity index (χ2n) is 7.26. The molecule has 0 atom stereocenters. The van der Waals surface area contributed by atoms with E-state index in [0.717, 1.165) is 24.6 Å². The smallest absolute Gasteiger partial charge is 0.257 e. The molecule has 29 heavy (non-hydrogen) atoms. The molecule has 1 aromatic carbocycles. The highest BCUT2D eigenvalue weighted by molar-refractivity contribution is 5.93. The Morgan fingerprint density at radius 3 is 2.24 bits per heavy atom. The van der Waals surface area contributed by atoms with Gasteiger partial charge in [0.1, 0.15) is 5.82 Å². The van der Waals surface area contributed by atoms with E-state index in [4.69, 9.17) is 0 Å².